The highest BCUT2D eigenvalue weighted by Crippen LogP contribution is 2.29. The monoisotopic (exact) mass is 227 g/mol. The normalized spacial score (nSPS) is 9.73. The van der Waals surface area contributed by atoms with Gasteiger partial charge in [-0.1, -0.05) is 18.2 Å². The van der Waals surface area contributed by atoms with Crippen LogP contribution in [0.1, 0.15) is 5.69 Å². The Hall–Kier alpha value is -1.55. The minimum absolute atomic E-state index is 0. The zero-order valence-electron chi connectivity index (χ0n) is 8.12. The van der Waals surface area contributed by atoms with Gasteiger partial charge in [0.15, 0.2) is 5.82 Å². The van der Waals surface area contributed by atoms with Crippen LogP contribution in [0.15, 0.2) is 24.3 Å². The van der Waals surface area contributed by atoms with E-state index in [4.69, 9.17) is 5.73 Å². The lowest BCUT2D eigenvalue weighted by molar-refractivity contribution is 0.631. The number of aromatic amines is 1. The Morgan fingerprint density at radius 3 is 2.53 bits per heavy atom. The standard InChI is InChI=1S/C10H10FN3.ClH/c1-6-9(10(12)14-13-6)7-4-2-3-5-8(7)11;/h2-5H,1H3,(H3,12,13,14);1H. The highest BCUT2D eigenvalue weighted by molar-refractivity contribution is 5.85. The van der Waals surface area contributed by atoms with Gasteiger partial charge in [-0.2, -0.15) is 5.10 Å². The first-order valence-corrected chi connectivity index (χ1v) is 4.25. The highest BCUT2D eigenvalue weighted by Gasteiger charge is 2.12. The number of anilines is 1. The van der Waals surface area contributed by atoms with E-state index in [-0.39, 0.29) is 18.2 Å². The first kappa shape index (κ1) is 11.5. The molecule has 0 saturated heterocycles. The second-order valence-electron chi connectivity index (χ2n) is 3.09. The van der Waals surface area contributed by atoms with Crippen molar-refractivity contribution in [2.45, 2.75) is 6.92 Å². The van der Waals surface area contributed by atoms with E-state index in [0.717, 1.165) is 5.69 Å². The van der Waals surface area contributed by atoms with Crippen LogP contribution in [0.25, 0.3) is 11.1 Å². The molecule has 0 atom stereocenters. The maximum Gasteiger partial charge on any atom is 0.153 e. The molecule has 0 fully saturated rings. The van der Waals surface area contributed by atoms with Gasteiger partial charge < -0.3 is 5.73 Å². The second kappa shape index (κ2) is 4.31. The third-order valence-corrected chi connectivity index (χ3v) is 2.12. The number of hydrogen-bond donors (Lipinski definition) is 2. The molecule has 0 radical (unpaired) electrons. The average molecular weight is 228 g/mol. The van der Waals surface area contributed by atoms with Gasteiger partial charge in [0.25, 0.3) is 0 Å². The van der Waals surface area contributed by atoms with E-state index in [1.54, 1.807) is 18.2 Å². The van der Waals surface area contributed by atoms with E-state index in [2.05, 4.69) is 10.2 Å². The molecule has 0 aliphatic carbocycles. The van der Waals surface area contributed by atoms with E-state index in [1.807, 2.05) is 6.92 Å². The summed E-state index contributed by atoms with van der Waals surface area (Å²) < 4.78 is 13.4. The number of halogens is 2. The SMILES string of the molecule is Cc1[nH]nc(N)c1-c1ccccc1F.Cl. The first-order valence-electron chi connectivity index (χ1n) is 4.25. The lowest BCUT2D eigenvalue weighted by Crippen LogP contribution is -1.90. The Kier molecular flexibility index (Phi) is 3.31. The van der Waals surface area contributed by atoms with E-state index >= 15 is 0 Å². The molecule has 0 aliphatic heterocycles. The quantitative estimate of drug-likeness (QED) is 0.787. The van der Waals surface area contributed by atoms with E-state index in [1.165, 1.54) is 6.07 Å². The summed E-state index contributed by atoms with van der Waals surface area (Å²) in [5.41, 5.74) is 7.53. The highest BCUT2D eigenvalue weighted by atomic mass is 35.5. The molecular weight excluding hydrogens is 217 g/mol. The Morgan fingerprint density at radius 1 is 1.33 bits per heavy atom. The fraction of sp³-hybridized carbons (Fsp3) is 0.100. The number of nitrogens with one attached hydrogen (secondary N) is 1. The van der Waals surface area contributed by atoms with E-state index < -0.39 is 0 Å². The summed E-state index contributed by atoms with van der Waals surface area (Å²) in [6, 6.07) is 6.50. The van der Waals surface area contributed by atoms with Gasteiger partial charge in [0.05, 0.1) is 0 Å². The van der Waals surface area contributed by atoms with Crippen LogP contribution in [-0.2, 0) is 0 Å². The van der Waals surface area contributed by atoms with Crippen molar-refractivity contribution in [1.29, 1.82) is 0 Å². The molecule has 5 heteroatoms. The van der Waals surface area contributed by atoms with Gasteiger partial charge in [-0.25, -0.2) is 4.39 Å². The van der Waals surface area contributed by atoms with Crippen molar-refractivity contribution in [2.24, 2.45) is 0 Å². The number of nitrogens with two attached hydrogens (primary N) is 1. The molecule has 2 rings (SSSR count). The number of aromatic nitrogens is 2. The number of nitrogens with zero attached hydrogens (tertiary/aromatic N) is 1. The predicted octanol–water partition coefficient (Wildman–Crippen LogP) is 2.53. The van der Waals surface area contributed by atoms with Crippen molar-refractivity contribution in [3.63, 3.8) is 0 Å². The smallest absolute Gasteiger partial charge is 0.153 e. The fourth-order valence-corrected chi connectivity index (χ4v) is 1.45. The predicted molar refractivity (Wildman–Crippen MR) is 60.4 cm³/mol. The topological polar surface area (TPSA) is 54.7 Å². The minimum atomic E-state index is -0.288. The molecule has 0 spiro atoms. The molecule has 1 heterocycles. The van der Waals surface area contributed by atoms with Gasteiger partial charge in [-0.3, -0.25) is 5.10 Å². The van der Waals surface area contributed by atoms with Crippen LogP contribution in [0.3, 0.4) is 0 Å². The van der Waals surface area contributed by atoms with Crippen LogP contribution in [-0.4, -0.2) is 10.2 Å². The molecule has 3 N–H and O–H groups in total. The average Bonchev–Trinajstić information content (AvgIpc) is 2.48. The zero-order valence-corrected chi connectivity index (χ0v) is 8.94. The Bertz CT molecular complexity index is 448. The summed E-state index contributed by atoms with van der Waals surface area (Å²) in [5, 5.41) is 6.54. The Balaban J connectivity index is 0.00000112. The molecule has 0 saturated carbocycles. The lowest BCUT2D eigenvalue weighted by atomic mass is 10.1. The van der Waals surface area contributed by atoms with Crippen LogP contribution in [0, 0.1) is 12.7 Å². The van der Waals surface area contributed by atoms with Crippen molar-refractivity contribution in [2.75, 3.05) is 5.73 Å². The van der Waals surface area contributed by atoms with Gasteiger partial charge in [0.2, 0.25) is 0 Å². The van der Waals surface area contributed by atoms with Gasteiger partial charge in [0.1, 0.15) is 5.82 Å². The number of H-pyrrole nitrogens is 1. The van der Waals surface area contributed by atoms with Gasteiger partial charge in [-0.15, -0.1) is 12.4 Å². The second-order valence-corrected chi connectivity index (χ2v) is 3.09. The van der Waals surface area contributed by atoms with Gasteiger partial charge in [0, 0.05) is 16.8 Å². The molecule has 3 nitrogen and oxygen atoms in total. The van der Waals surface area contributed by atoms with Gasteiger partial charge >= 0.3 is 0 Å². The number of nitrogen functional groups attached to an aromatic ring is 1. The summed E-state index contributed by atoms with van der Waals surface area (Å²) in [6.07, 6.45) is 0. The molecule has 1 aromatic carbocycles. The molecule has 0 aliphatic rings. The summed E-state index contributed by atoms with van der Waals surface area (Å²) >= 11 is 0. The molecule has 80 valence electrons. The largest absolute Gasteiger partial charge is 0.382 e. The van der Waals surface area contributed by atoms with Crippen LogP contribution in [0.4, 0.5) is 10.2 Å². The maximum absolute atomic E-state index is 13.4. The van der Waals surface area contributed by atoms with Crippen molar-refractivity contribution in [3.05, 3.63) is 35.8 Å². The molecule has 2 aromatic rings. The molecule has 15 heavy (non-hydrogen) atoms. The summed E-state index contributed by atoms with van der Waals surface area (Å²) in [4.78, 5) is 0. The Morgan fingerprint density at radius 2 is 2.00 bits per heavy atom. The van der Waals surface area contributed by atoms with Crippen LogP contribution in [0.2, 0.25) is 0 Å². The molecule has 0 bridgehead atoms. The van der Waals surface area contributed by atoms with Crippen molar-refractivity contribution >= 4 is 18.2 Å². The Labute approximate surface area is 92.9 Å². The lowest BCUT2D eigenvalue weighted by Gasteiger charge is -2.01. The van der Waals surface area contributed by atoms with Crippen LogP contribution in [0.5, 0.6) is 0 Å². The van der Waals surface area contributed by atoms with E-state index in [0.29, 0.717) is 16.9 Å². The molecule has 0 unspecified atom stereocenters. The minimum Gasteiger partial charge on any atom is -0.382 e. The third kappa shape index (κ3) is 1.94. The maximum atomic E-state index is 13.4. The van der Waals surface area contributed by atoms with E-state index in [9.17, 15) is 4.39 Å². The van der Waals surface area contributed by atoms with Crippen molar-refractivity contribution < 1.29 is 4.39 Å². The van der Waals surface area contributed by atoms with Crippen LogP contribution < -0.4 is 5.73 Å². The number of hydrogen-bond acceptors (Lipinski definition) is 2. The fourth-order valence-electron chi connectivity index (χ4n) is 1.45. The van der Waals surface area contributed by atoms with Crippen molar-refractivity contribution in [1.82, 2.24) is 10.2 Å². The van der Waals surface area contributed by atoms with Gasteiger partial charge in [-0.05, 0) is 13.0 Å². The third-order valence-electron chi connectivity index (χ3n) is 2.12. The number of aryl methyl sites for hydroxylation is 1. The van der Waals surface area contributed by atoms with Crippen molar-refractivity contribution in [3.8, 4) is 11.1 Å². The molecule has 0 amide bonds. The summed E-state index contributed by atoms with van der Waals surface area (Å²) in [5.74, 6) is 0.0382. The molecular formula is C10H11ClFN3. The van der Waals surface area contributed by atoms with Crippen LogP contribution >= 0.6 is 12.4 Å². The molecule has 1 aromatic heterocycles. The summed E-state index contributed by atoms with van der Waals surface area (Å²) in [7, 11) is 0. The zero-order chi connectivity index (χ0) is 10.1. The summed E-state index contributed by atoms with van der Waals surface area (Å²) in [6.45, 7) is 1.81. The number of rotatable bonds is 1. The first-order chi connectivity index (χ1) is 6.70. The number of benzene rings is 1.